The summed E-state index contributed by atoms with van der Waals surface area (Å²) in [5.74, 6) is 0.438. The molecule has 10 heteroatoms. The van der Waals surface area contributed by atoms with Crippen molar-refractivity contribution in [2.45, 2.75) is 13.1 Å². The molecule has 0 spiro atoms. The van der Waals surface area contributed by atoms with Crippen molar-refractivity contribution in [3.05, 3.63) is 35.0 Å². The standard InChI is InChI=1S/C10H6ClF3N6/c1-5-7(11)17-9-15-4-16-20(9)8(5)19-3-2-6(18-19)10(12,13)14/h2-4H,1H3. The first kappa shape index (κ1) is 12.9. The summed E-state index contributed by atoms with van der Waals surface area (Å²) in [6, 6.07) is 0.872. The fraction of sp³-hybridized carbons (Fsp3) is 0.200. The first-order valence-corrected chi connectivity index (χ1v) is 5.75. The highest BCUT2D eigenvalue weighted by Crippen LogP contribution is 2.28. The third-order valence-corrected chi connectivity index (χ3v) is 3.04. The van der Waals surface area contributed by atoms with Crippen LogP contribution >= 0.6 is 11.6 Å². The summed E-state index contributed by atoms with van der Waals surface area (Å²) in [4.78, 5) is 7.82. The van der Waals surface area contributed by atoms with E-state index in [-0.39, 0.29) is 16.7 Å². The molecule has 0 aromatic carbocycles. The average Bonchev–Trinajstić information content (AvgIpc) is 2.98. The van der Waals surface area contributed by atoms with Crippen molar-refractivity contribution in [1.82, 2.24) is 29.4 Å². The Hall–Kier alpha value is -2.16. The molecule has 3 aromatic heterocycles. The van der Waals surface area contributed by atoms with Gasteiger partial charge in [-0.3, -0.25) is 0 Å². The smallest absolute Gasteiger partial charge is 0.221 e. The Bertz CT molecular complexity index is 790. The second kappa shape index (κ2) is 4.17. The fourth-order valence-corrected chi connectivity index (χ4v) is 1.91. The third kappa shape index (κ3) is 1.90. The zero-order valence-corrected chi connectivity index (χ0v) is 10.7. The maximum atomic E-state index is 12.6. The van der Waals surface area contributed by atoms with Gasteiger partial charge < -0.3 is 0 Å². The second-order valence-electron chi connectivity index (χ2n) is 3.97. The van der Waals surface area contributed by atoms with Crippen LogP contribution in [0.15, 0.2) is 18.6 Å². The normalized spacial score (nSPS) is 12.2. The summed E-state index contributed by atoms with van der Waals surface area (Å²) >= 11 is 5.94. The molecule has 0 N–H and O–H groups in total. The fourth-order valence-electron chi connectivity index (χ4n) is 1.75. The van der Waals surface area contributed by atoms with Crippen molar-refractivity contribution in [1.29, 1.82) is 0 Å². The predicted molar refractivity (Wildman–Crippen MR) is 62.7 cm³/mol. The molecule has 6 nitrogen and oxygen atoms in total. The molecule has 3 rings (SSSR count). The summed E-state index contributed by atoms with van der Waals surface area (Å²) < 4.78 is 40.1. The molecule has 0 aliphatic carbocycles. The third-order valence-electron chi connectivity index (χ3n) is 2.67. The second-order valence-corrected chi connectivity index (χ2v) is 4.32. The van der Waals surface area contributed by atoms with Gasteiger partial charge in [-0.1, -0.05) is 11.6 Å². The van der Waals surface area contributed by atoms with Gasteiger partial charge in [0.05, 0.1) is 0 Å². The topological polar surface area (TPSA) is 60.9 Å². The highest BCUT2D eigenvalue weighted by molar-refractivity contribution is 6.30. The van der Waals surface area contributed by atoms with Crippen molar-refractivity contribution < 1.29 is 13.2 Å². The zero-order valence-electron chi connectivity index (χ0n) is 9.93. The molecule has 104 valence electrons. The molecular formula is C10H6ClF3N6. The minimum atomic E-state index is -4.52. The number of rotatable bonds is 1. The molecule has 0 fully saturated rings. The molecule has 0 saturated carbocycles. The Morgan fingerprint density at radius 2 is 2.05 bits per heavy atom. The van der Waals surface area contributed by atoms with Gasteiger partial charge in [0.2, 0.25) is 0 Å². The van der Waals surface area contributed by atoms with Crippen LogP contribution in [0.25, 0.3) is 11.6 Å². The first-order chi connectivity index (χ1) is 9.38. The Morgan fingerprint density at radius 1 is 1.30 bits per heavy atom. The molecule has 0 aliphatic rings. The minimum Gasteiger partial charge on any atom is -0.221 e. The van der Waals surface area contributed by atoms with Crippen LogP contribution in [0.2, 0.25) is 5.15 Å². The summed E-state index contributed by atoms with van der Waals surface area (Å²) in [5, 5.41) is 7.54. The molecule has 3 heterocycles. The van der Waals surface area contributed by atoms with Crippen LogP contribution in [0.5, 0.6) is 0 Å². The van der Waals surface area contributed by atoms with Crippen molar-refractivity contribution >= 4 is 17.4 Å². The lowest BCUT2D eigenvalue weighted by Crippen LogP contribution is -2.11. The number of fused-ring (bicyclic) bond motifs is 1. The van der Waals surface area contributed by atoms with Crippen LogP contribution in [0.4, 0.5) is 13.2 Å². The van der Waals surface area contributed by atoms with Gasteiger partial charge in [0, 0.05) is 11.8 Å². The van der Waals surface area contributed by atoms with E-state index < -0.39 is 11.9 Å². The Balaban J connectivity index is 2.26. The molecule has 20 heavy (non-hydrogen) atoms. The highest BCUT2D eigenvalue weighted by atomic mass is 35.5. The number of aromatic nitrogens is 6. The van der Waals surface area contributed by atoms with Gasteiger partial charge in [-0.25, -0.2) is 4.68 Å². The first-order valence-electron chi connectivity index (χ1n) is 5.37. The van der Waals surface area contributed by atoms with E-state index in [9.17, 15) is 13.2 Å². The minimum absolute atomic E-state index is 0.129. The van der Waals surface area contributed by atoms with E-state index >= 15 is 0 Å². The van der Waals surface area contributed by atoms with Gasteiger partial charge in [0.25, 0.3) is 5.78 Å². The monoisotopic (exact) mass is 302 g/mol. The van der Waals surface area contributed by atoms with Crippen LogP contribution in [0.1, 0.15) is 11.3 Å². The maximum Gasteiger partial charge on any atom is 0.435 e. The predicted octanol–water partition coefficient (Wildman–Crippen LogP) is 2.29. The Labute approximate surface area is 114 Å². The Morgan fingerprint density at radius 3 is 2.70 bits per heavy atom. The van der Waals surface area contributed by atoms with Crippen LogP contribution in [-0.2, 0) is 6.18 Å². The molecule has 0 unspecified atom stereocenters. The molecular weight excluding hydrogens is 297 g/mol. The number of nitrogens with zero attached hydrogens (tertiary/aromatic N) is 6. The number of halogens is 4. The zero-order chi connectivity index (χ0) is 14.5. The van der Waals surface area contributed by atoms with E-state index in [2.05, 4.69) is 20.2 Å². The SMILES string of the molecule is Cc1c(Cl)nc2ncnn2c1-n1ccc(C(F)(F)F)n1. The van der Waals surface area contributed by atoms with E-state index in [0.29, 0.717) is 5.56 Å². The summed E-state index contributed by atoms with van der Waals surface area (Å²) in [7, 11) is 0. The lowest BCUT2D eigenvalue weighted by Gasteiger charge is -2.09. The van der Waals surface area contributed by atoms with Crippen molar-refractivity contribution in [3.63, 3.8) is 0 Å². The highest BCUT2D eigenvalue weighted by Gasteiger charge is 2.34. The van der Waals surface area contributed by atoms with Crippen LogP contribution in [0, 0.1) is 6.92 Å². The number of hydrogen-bond acceptors (Lipinski definition) is 4. The van der Waals surface area contributed by atoms with Gasteiger partial charge >= 0.3 is 6.18 Å². The largest absolute Gasteiger partial charge is 0.435 e. The summed E-state index contributed by atoms with van der Waals surface area (Å²) in [6.07, 6.45) is -2.10. The van der Waals surface area contributed by atoms with E-state index in [1.165, 1.54) is 17.0 Å². The van der Waals surface area contributed by atoms with Crippen molar-refractivity contribution in [3.8, 4) is 5.82 Å². The Kier molecular flexibility index (Phi) is 2.68. The van der Waals surface area contributed by atoms with E-state index in [0.717, 1.165) is 10.7 Å². The van der Waals surface area contributed by atoms with Gasteiger partial charge in [-0.15, -0.1) is 0 Å². The van der Waals surface area contributed by atoms with Crippen molar-refractivity contribution in [2.75, 3.05) is 0 Å². The number of hydrogen-bond donors (Lipinski definition) is 0. The molecule has 0 amide bonds. The summed E-state index contributed by atoms with van der Waals surface area (Å²) in [5.41, 5.74) is -0.556. The lowest BCUT2D eigenvalue weighted by molar-refractivity contribution is -0.141. The molecule has 0 aliphatic heterocycles. The van der Waals surface area contributed by atoms with E-state index in [1.54, 1.807) is 6.92 Å². The average molecular weight is 303 g/mol. The quantitative estimate of drug-likeness (QED) is 0.647. The van der Waals surface area contributed by atoms with Gasteiger partial charge in [0.1, 0.15) is 11.5 Å². The molecule has 0 saturated heterocycles. The van der Waals surface area contributed by atoms with Gasteiger partial charge in [0.15, 0.2) is 11.5 Å². The molecule has 0 radical (unpaired) electrons. The van der Waals surface area contributed by atoms with E-state index in [4.69, 9.17) is 11.6 Å². The van der Waals surface area contributed by atoms with Crippen molar-refractivity contribution in [2.24, 2.45) is 0 Å². The van der Waals surface area contributed by atoms with Crippen LogP contribution in [-0.4, -0.2) is 29.4 Å². The van der Waals surface area contributed by atoms with E-state index in [1.807, 2.05) is 0 Å². The molecule has 0 bridgehead atoms. The van der Waals surface area contributed by atoms with Crippen LogP contribution < -0.4 is 0 Å². The van der Waals surface area contributed by atoms with Crippen LogP contribution in [0.3, 0.4) is 0 Å². The molecule has 3 aromatic rings. The molecule has 0 atom stereocenters. The lowest BCUT2D eigenvalue weighted by atomic mass is 10.3. The number of alkyl halides is 3. The van der Waals surface area contributed by atoms with Gasteiger partial charge in [-0.05, 0) is 13.0 Å². The maximum absolute atomic E-state index is 12.6. The summed E-state index contributed by atoms with van der Waals surface area (Å²) in [6.45, 7) is 1.61. The van der Waals surface area contributed by atoms with Gasteiger partial charge in [-0.2, -0.15) is 37.9 Å².